The lowest BCUT2D eigenvalue weighted by atomic mass is 9.95. The molecule has 1 aromatic carbocycles. The van der Waals surface area contributed by atoms with Crippen LogP contribution in [0.15, 0.2) is 24.3 Å². The highest BCUT2D eigenvalue weighted by Gasteiger charge is 2.19. The molecule has 0 saturated heterocycles. The van der Waals surface area contributed by atoms with Crippen molar-refractivity contribution in [2.75, 3.05) is 7.05 Å². The third kappa shape index (κ3) is 2.88. The number of nitrogens with one attached hydrogen (secondary N) is 1. The molecule has 1 heterocycles. The highest BCUT2D eigenvalue weighted by atomic mass is 32.1. The maximum Gasteiger partial charge on any atom is 0.123 e. The van der Waals surface area contributed by atoms with Crippen molar-refractivity contribution in [2.45, 2.75) is 33.2 Å². The van der Waals surface area contributed by atoms with Gasteiger partial charge < -0.3 is 5.32 Å². The van der Waals surface area contributed by atoms with Crippen molar-refractivity contribution >= 4 is 11.3 Å². The minimum atomic E-state index is -0.158. The summed E-state index contributed by atoms with van der Waals surface area (Å²) in [5, 5.41) is 3.36. The molecule has 1 N–H and O–H groups in total. The van der Waals surface area contributed by atoms with Gasteiger partial charge in [0, 0.05) is 9.75 Å². The van der Waals surface area contributed by atoms with E-state index in [1.807, 2.05) is 32.2 Å². The number of hydrogen-bond donors (Lipinski definition) is 1. The van der Waals surface area contributed by atoms with Gasteiger partial charge in [-0.25, -0.2) is 4.39 Å². The molecule has 19 heavy (non-hydrogen) atoms. The van der Waals surface area contributed by atoms with Crippen molar-refractivity contribution in [3.8, 4) is 0 Å². The van der Waals surface area contributed by atoms with Crippen LogP contribution in [0.1, 0.15) is 39.4 Å². The van der Waals surface area contributed by atoms with Gasteiger partial charge >= 0.3 is 0 Å². The Balaban J connectivity index is 2.47. The first-order valence-electron chi connectivity index (χ1n) is 6.59. The molecule has 0 aliphatic rings. The van der Waals surface area contributed by atoms with Crippen molar-refractivity contribution < 1.29 is 4.39 Å². The summed E-state index contributed by atoms with van der Waals surface area (Å²) < 4.78 is 13.4. The van der Waals surface area contributed by atoms with Crippen molar-refractivity contribution in [3.63, 3.8) is 0 Å². The predicted molar refractivity (Wildman–Crippen MR) is 80.5 cm³/mol. The van der Waals surface area contributed by atoms with Gasteiger partial charge in [0.1, 0.15) is 5.82 Å². The van der Waals surface area contributed by atoms with E-state index in [0.717, 1.165) is 17.5 Å². The van der Waals surface area contributed by atoms with E-state index in [0.29, 0.717) is 0 Å². The predicted octanol–water partition coefficient (Wildman–Crippen LogP) is 4.38. The zero-order valence-corrected chi connectivity index (χ0v) is 12.7. The Hall–Kier alpha value is -1.19. The van der Waals surface area contributed by atoms with Crippen LogP contribution < -0.4 is 5.32 Å². The Morgan fingerprint density at radius 1 is 1.21 bits per heavy atom. The molecule has 0 aliphatic carbocycles. The SMILES string of the molecule is CCc1ccc(C(NC)c2c(C)cc(F)cc2C)s1. The van der Waals surface area contributed by atoms with Crippen LogP contribution in [0, 0.1) is 19.7 Å². The summed E-state index contributed by atoms with van der Waals surface area (Å²) in [5.41, 5.74) is 3.19. The van der Waals surface area contributed by atoms with Gasteiger partial charge in [0.15, 0.2) is 0 Å². The van der Waals surface area contributed by atoms with Gasteiger partial charge in [-0.3, -0.25) is 0 Å². The Bertz CT molecular complexity index is 551. The maximum absolute atomic E-state index is 13.4. The quantitative estimate of drug-likeness (QED) is 0.874. The molecule has 0 radical (unpaired) electrons. The van der Waals surface area contributed by atoms with Crippen LogP contribution in [-0.4, -0.2) is 7.05 Å². The standard InChI is InChI=1S/C16H20FNS/c1-5-13-6-7-14(19-13)16(18-4)15-10(2)8-12(17)9-11(15)3/h6-9,16,18H,5H2,1-4H3. The molecule has 0 bridgehead atoms. The second kappa shape index (κ2) is 5.85. The van der Waals surface area contributed by atoms with Gasteiger partial charge in [-0.2, -0.15) is 0 Å². The fourth-order valence-corrected chi connectivity index (χ4v) is 3.62. The molecule has 2 aromatic rings. The average molecular weight is 277 g/mol. The van der Waals surface area contributed by atoms with E-state index in [4.69, 9.17) is 0 Å². The first kappa shape index (κ1) is 14.2. The first-order chi connectivity index (χ1) is 9.06. The molecule has 0 aliphatic heterocycles. The Labute approximate surface area is 118 Å². The smallest absolute Gasteiger partial charge is 0.123 e. The third-order valence-corrected chi connectivity index (χ3v) is 4.75. The molecule has 1 atom stereocenters. The highest BCUT2D eigenvalue weighted by molar-refractivity contribution is 7.12. The Morgan fingerprint density at radius 2 is 1.84 bits per heavy atom. The van der Waals surface area contributed by atoms with Crippen molar-refractivity contribution in [2.24, 2.45) is 0 Å². The minimum Gasteiger partial charge on any atom is -0.309 e. The van der Waals surface area contributed by atoms with E-state index in [2.05, 4.69) is 24.4 Å². The molecule has 102 valence electrons. The van der Waals surface area contributed by atoms with E-state index in [-0.39, 0.29) is 11.9 Å². The van der Waals surface area contributed by atoms with Crippen molar-refractivity contribution in [1.82, 2.24) is 5.32 Å². The fraction of sp³-hybridized carbons (Fsp3) is 0.375. The molecule has 1 unspecified atom stereocenters. The van der Waals surface area contributed by atoms with Gasteiger partial charge in [-0.1, -0.05) is 6.92 Å². The summed E-state index contributed by atoms with van der Waals surface area (Å²) in [6.07, 6.45) is 1.06. The second-order valence-corrected chi connectivity index (χ2v) is 6.03. The van der Waals surface area contributed by atoms with Crippen LogP contribution >= 0.6 is 11.3 Å². The molecular weight excluding hydrogens is 257 g/mol. The lowest BCUT2D eigenvalue weighted by Crippen LogP contribution is -2.19. The summed E-state index contributed by atoms with van der Waals surface area (Å²) in [6.45, 7) is 6.12. The Morgan fingerprint density at radius 3 is 2.32 bits per heavy atom. The number of thiophene rings is 1. The molecule has 1 nitrogen and oxygen atoms in total. The van der Waals surface area contributed by atoms with E-state index < -0.39 is 0 Å². The molecular formula is C16H20FNS. The molecule has 0 amide bonds. The fourth-order valence-electron chi connectivity index (χ4n) is 2.55. The van der Waals surface area contributed by atoms with Crippen LogP contribution in [-0.2, 0) is 6.42 Å². The topological polar surface area (TPSA) is 12.0 Å². The summed E-state index contributed by atoms with van der Waals surface area (Å²) in [4.78, 5) is 2.67. The largest absolute Gasteiger partial charge is 0.309 e. The second-order valence-electron chi connectivity index (χ2n) is 4.83. The van der Waals surface area contributed by atoms with Crippen LogP contribution in [0.2, 0.25) is 0 Å². The van der Waals surface area contributed by atoms with Gasteiger partial charge in [-0.15, -0.1) is 11.3 Å². The zero-order valence-electron chi connectivity index (χ0n) is 11.9. The van der Waals surface area contributed by atoms with Gasteiger partial charge in [0.25, 0.3) is 0 Å². The maximum atomic E-state index is 13.4. The summed E-state index contributed by atoms with van der Waals surface area (Å²) >= 11 is 1.83. The van der Waals surface area contributed by atoms with Gasteiger partial charge in [0.05, 0.1) is 6.04 Å². The number of halogens is 1. The minimum absolute atomic E-state index is 0.144. The van der Waals surface area contributed by atoms with E-state index >= 15 is 0 Å². The van der Waals surface area contributed by atoms with Crippen molar-refractivity contribution in [3.05, 3.63) is 56.5 Å². The van der Waals surface area contributed by atoms with Crippen LogP contribution in [0.4, 0.5) is 4.39 Å². The molecule has 1 aromatic heterocycles. The van der Waals surface area contributed by atoms with E-state index in [1.54, 1.807) is 12.1 Å². The number of aryl methyl sites for hydroxylation is 3. The number of hydrogen-bond acceptors (Lipinski definition) is 2. The first-order valence-corrected chi connectivity index (χ1v) is 7.41. The van der Waals surface area contributed by atoms with Crippen LogP contribution in [0.3, 0.4) is 0 Å². The normalized spacial score (nSPS) is 12.7. The molecule has 2 rings (SSSR count). The van der Waals surface area contributed by atoms with Crippen molar-refractivity contribution in [1.29, 1.82) is 0 Å². The van der Waals surface area contributed by atoms with E-state index in [1.165, 1.54) is 15.3 Å². The number of rotatable bonds is 4. The lowest BCUT2D eigenvalue weighted by molar-refractivity contribution is 0.619. The van der Waals surface area contributed by atoms with Crippen LogP contribution in [0.25, 0.3) is 0 Å². The number of benzene rings is 1. The summed E-state index contributed by atoms with van der Waals surface area (Å²) in [6, 6.07) is 7.72. The van der Waals surface area contributed by atoms with Crippen LogP contribution in [0.5, 0.6) is 0 Å². The monoisotopic (exact) mass is 277 g/mol. The molecule has 3 heteroatoms. The summed E-state index contributed by atoms with van der Waals surface area (Å²) in [5.74, 6) is -0.158. The molecule has 0 fully saturated rings. The Kier molecular flexibility index (Phi) is 4.38. The summed E-state index contributed by atoms with van der Waals surface area (Å²) in [7, 11) is 1.96. The van der Waals surface area contributed by atoms with E-state index in [9.17, 15) is 4.39 Å². The molecule has 0 spiro atoms. The van der Waals surface area contributed by atoms with Gasteiger partial charge in [0.2, 0.25) is 0 Å². The lowest BCUT2D eigenvalue weighted by Gasteiger charge is -2.20. The molecule has 0 saturated carbocycles. The average Bonchev–Trinajstić information content (AvgIpc) is 2.81. The van der Waals surface area contributed by atoms with Gasteiger partial charge in [-0.05, 0) is 68.3 Å². The zero-order chi connectivity index (χ0) is 14.0. The highest BCUT2D eigenvalue weighted by Crippen LogP contribution is 2.32. The third-order valence-electron chi connectivity index (χ3n) is 3.45.